The predicted octanol–water partition coefficient (Wildman–Crippen LogP) is 1.46. The van der Waals surface area contributed by atoms with Crippen LogP contribution in [0.15, 0.2) is 10.5 Å². The second-order valence-electron chi connectivity index (χ2n) is 2.95. The summed E-state index contributed by atoms with van der Waals surface area (Å²) in [6.45, 7) is 0.373. The Balaban J connectivity index is 2.32. The molecule has 0 unspecified atom stereocenters. The van der Waals surface area contributed by atoms with Crippen molar-refractivity contribution in [1.82, 2.24) is 10.3 Å². The van der Waals surface area contributed by atoms with Crippen LogP contribution in [-0.2, 0) is 4.79 Å². The summed E-state index contributed by atoms with van der Waals surface area (Å²) in [7, 11) is 0. The molecule has 0 radical (unpaired) electrons. The Bertz CT molecular complexity index is 379. The fraction of sp³-hybridized carbons (Fsp3) is 0.444. The molecular formula is C9H12N2O3S2. The molecule has 0 fully saturated rings. The third-order valence-corrected chi connectivity index (χ3v) is 3.73. The highest BCUT2D eigenvalue weighted by Crippen LogP contribution is 2.21. The number of amides is 1. The second kappa shape index (κ2) is 6.49. The Morgan fingerprint density at radius 3 is 2.94 bits per heavy atom. The summed E-state index contributed by atoms with van der Waals surface area (Å²) < 4.78 is 0.843. The number of rotatable bonds is 6. The van der Waals surface area contributed by atoms with E-state index in [-0.39, 0.29) is 12.3 Å². The molecule has 5 nitrogen and oxygen atoms in total. The summed E-state index contributed by atoms with van der Waals surface area (Å²) in [5.41, 5.74) is 0. The standard InChI is InChI=1S/C9H12N2O3S2/c1-15-9-11-5-6(16-9)8(14)10-4-2-3-7(12)13/h5H,2-4H2,1H3,(H,10,14)(H,12,13). The van der Waals surface area contributed by atoms with Gasteiger partial charge in [-0.1, -0.05) is 11.8 Å². The third kappa shape index (κ3) is 4.19. The molecule has 2 N–H and O–H groups in total. The zero-order valence-electron chi connectivity index (χ0n) is 8.73. The number of nitrogens with zero attached hydrogens (tertiary/aromatic N) is 1. The van der Waals surface area contributed by atoms with Gasteiger partial charge in [-0.05, 0) is 12.7 Å². The van der Waals surface area contributed by atoms with E-state index < -0.39 is 5.97 Å². The van der Waals surface area contributed by atoms with Crippen molar-refractivity contribution in [3.05, 3.63) is 11.1 Å². The predicted molar refractivity (Wildman–Crippen MR) is 63.1 cm³/mol. The van der Waals surface area contributed by atoms with Gasteiger partial charge in [-0.3, -0.25) is 9.59 Å². The van der Waals surface area contributed by atoms with Crippen LogP contribution in [0.4, 0.5) is 0 Å². The topological polar surface area (TPSA) is 79.3 Å². The van der Waals surface area contributed by atoms with Gasteiger partial charge in [0.15, 0.2) is 0 Å². The number of hydrogen-bond donors (Lipinski definition) is 2. The fourth-order valence-corrected chi connectivity index (χ4v) is 2.31. The number of carboxylic acid groups (broad SMARTS) is 1. The Kier molecular flexibility index (Phi) is 5.27. The maximum atomic E-state index is 11.5. The van der Waals surface area contributed by atoms with Gasteiger partial charge in [0.05, 0.1) is 6.20 Å². The van der Waals surface area contributed by atoms with E-state index in [0.29, 0.717) is 17.8 Å². The van der Waals surface area contributed by atoms with Crippen LogP contribution in [0.25, 0.3) is 0 Å². The van der Waals surface area contributed by atoms with Gasteiger partial charge in [0, 0.05) is 13.0 Å². The number of carbonyl (C=O) groups excluding carboxylic acids is 1. The lowest BCUT2D eigenvalue weighted by molar-refractivity contribution is -0.137. The normalized spacial score (nSPS) is 10.1. The molecule has 0 spiro atoms. The van der Waals surface area contributed by atoms with Crippen molar-refractivity contribution in [1.29, 1.82) is 0 Å². The van der Waals surface area contributed by atoms with E-state index in [1.54, 1.807) is 0 Å². The number of carbonyl (C=O) groups is 2. The lowest BCUT2D eigenvalue weighted by Crippen LogP contribution is -2.23. The number of hydrogen-bond acceptors (Lipinski definition) is 5. The van der Waals surface area contributed by atoms with Crippen molar-refractivity contribution >= 4 is 35.0 Å². The molecule has 0 bridgehead atoms. The summed E-state index contributed by atoms with van der Waals surface area (Å²) in [5, 5.41) is 11.1. The quantitative estimate of drug-likeness (QED) is 0.598. The van der Waals surface area contributed by atoms with Gasteiger partial charge in [0.25, 0.3) is 5.91 Å². The number of thioether (sulfide) groups is 1. The molecule has 0 saturated heterocycles. The van der Waals surface area contributed by atoms with E-state index in [0.717, 1.165) is 4.34 Å². The molecule has 0 aliphatic carbocycles. The SMILES string of the molecule is CSc1ncc(C(=O)NCCCC(=O)O)s1. The van der Waals surface area contributed by atoms with Crippen LogP contribution in [0.5, 0.6) is 0 Å². The molecule has 0 aromatic carbocycles. The Hall–Kier alpha value is -1.08. The molecule has 7 heteroatoms. The van der Waals surface area contributed by atoms with Crippen LogP contribution < -0.4 is 5.32 Å². The maximum Gasteiger partial charge on any atom is 0.303 e. The molecule has 16 heavy (non-hydrogen) atoms. The van der Waals surface area contributed by atoms with Crippen molar-refractivity contribution in [2.45, 2.75) is 17.2 Å². The van der Waals surface area contributed by atoms with E-state index in [1.165, 1.54) is 29.3 Å². The first-order valence-corrected chi connectivity index (χ1v) is 6.67. The van der Waals surface area contributed by atoms with Gasteiger partial charge in [-0.25, -0.2) is 4.98 Å². The summed E-state index contributed by atoms with van der Waals surface area (Å²) in [6.07, 6.45) is 3.94. The summed E-state index contributed by atoms with van der Waals surface area (Å²) in [4.78, 5) is 26.3. The van der Waals surface area contributed by atoms with E-state index in [4.69, 9.17) is 5.11 Å². The molecule has 0 atom stereocenters. The molecule has 1 heterocycles. The minimum absolute atomic E-state index is 0.0685. The first kappa shape index (κ1) is 13.0. The van der Waals surface area contributed by atoms with Crippen molar-refractivity contribution in [3.8, 4) is 0 Å². The van der Waals surface area contributed by atoms with Crippen LogP contribution in [-0.4, -0.2) is 34.8 Å². The highest BCUT2D eigenvalue weighted by atomic mass is 32.2. The van der Waals surface area contributed by atoms with Gasteiger partial charge in [0.2, 0.25) is 0 Å². The smallest absolute Gasteiger partial charge is 0.303 e. The van der Waals surface area contributed by atoms with Crippen molar-refractivity contribution in [2.24, 2.45) is 0 Å². The Labute approximate surface area is 101 Å². The minimum atomic E-state index is -0.850. The molecule has 0 saturated carbocycles. The van der Waals surface area contributed by atoms with Crippen molar-refractivity contribution in [2.75, 3.05) is 12.8 Å². The third-order valence-electron chi connectivity index (χ3n) is 1.74. The van der Waals surface area contributed by atoms with E-state index >= 15 is 0 Å². The van der Waals surface area contributed by atoms with Crippen molar-refractivity contribution < 1.29 is 14.7 Å². The van der Waals surface area contributed by atoms with E-state index in [1.807, 2.05) is 6.26 Å². The lowest BCUT2D eigenvalue weighted by atomic mass is 10.3. The molecule has 1 amide bonds. The fourth-order valence-electron chi connectivity index (χ4n) is 0.986. The zero-order valence-corrected chi connectivity index (χ0v) is 10.4. The van der Waals surface area contributed by atoms with Gasteiger partial charge in [0.1, 0.15) is 9.22 Å². The summed E-state index contributed by atoms with van der Waals surface area (Å²) in [6, 6.07) is 0. The Morgan fingerprint density at radius 2 is 2.38 bits per heavy atom. The first-order chi connectivity index (χ1) is 7.63. The molecule has 88 valence electrons. The van der Waals surface area contributed by atoms with E-state index in [2.05, 4.69) is 10.3 Å². The van der Waals surface area contributed by atoms with Gasteiger partial charge >= 0.3 is 5.97 Å². The molecule has 1 rings (SSSR count). The van der Waals surface area contributed by atoms with Crippen LogP contribution in [0.2, 0.25) is 0 Å². The lowest BCUT2D eigenvalue weighted by Gasteiger charge is -2.00. The highest BCUT2D eigenvalue weighted by Gasteiger charge is 2.09. The average molecular weight is 260 g/mol. The zero-order chi connectivity index (χ0) is 12.0. The monoisotopic (exact) mass is 260 g/mol. The highest BCUT2D eigenvalue weighted by molar-refractivity contribution is 8.00. The summed E-state index contributed by atoms with van der Waals surface area (Å²) >= 11 is 2.82. The molecule has 1 aromatic rings. The van der Waals surface area contributed by atoms with Gasteiger partial charge < -0.3 is 10.4 Å². The molecule has 0 aliphatic heterocycles. The number of aromatic nitrogens is 1. The number of nitrogens with one attached hydrogen (secondary N) is 1. The summed E-state index contributed by atoms with van der Waals surface area (Å²) in [5.74, 6) is -1.04. The van der Waals surface area contributed by atoms with Gasteiger partial charge in [-0.2, -0.15) is 0 Å². The van der Waals surface area contributed by atoms with Crippen LogP contribution in [0.3, 0.4) is 0 Å². The average Bonchev–Trinajstić information content (AvgIpc) is 2.72. The van der Waals surface area contributed by atoms with Crippen LogP contribution in [0, 0.1) is 0 Å². The number of carboxylic acids is 1. The van der Waals surface area contributed by atoms with Crippen LogP contribution in [0.1, 0.15) is 22.5 Å². The number of thiazole rings is 1. The first-order valence-electron chi connectivity index (χ1n) is 4.63. The molecule has 1 aromatic heterocycles. The molecular weight excluding hydrogens is 248 g/mol. The maximum absolute atomic E-state index is 11.5. The second-order valence-corrected chi connectivity index (χ2v) is 5.03. The minimum Gasteiger partial charge on any atom is -0.481 e. The largest absolute Gasteiger partial charge is 0.481 e. The van der Waals surface area contributed by atoms with Gasteiger partial charge in [-0.15, -0.1) is 11.3 Å². The Morgan fingerprint density at radius 1 is 1.62 bits per heavy atom. The van der Waals surface area contributed by atoms with E-state index in [9.17, 15) is 9.59 Å². The number of aliphatic carboxylic acids is 1. The molecule has 0 aliphatic rings. The van der Waals surface area contributed by atoms with Crippen LogP contribution >= 0.6 is 23.1 Å². The van der Waals surface area contributed by atoms with Crippen molar-refractivity contribution in [3.63, 3.8) is 0 Å².